The van der Waals surface area contributed by atoms with Crippen molar-refractivity contribution in [3.05, 3.63) is 84.4 Å². The van der Waals surface area contributed by atoms with Crippen molar-refractivity contribution in [1.82, 2.24) is 4.90 Å². The van der Waals surface area contributed by atoms with E-state index in [-0.39, 0.29) is 18.4 Å². The lowest BCUT2D eigenvalue weighted by atomic mass is 10.2. The maximum absolute atomic E-state index is 12.2. The number of carbonyl (C=O) groups excluding carboxylic acids is 2. The van der Waals surface area contributed by atoms with Crippen LogP contribution in [0.15, 0.2) is 78.9 Å². The van der Waals surface area contributed by atoms with E-state index in [1.54, 1.807) is 38.4 Å². The van der Waals surface area contributed by atoms with Crippen molar-refractivity contribution in [1.29, 1.82) is 0 Å². The van der Waals surface area contributed by atoms with E-state index in [1.165, 1.54) is 4.90 Å². The van der Waals surface area contributed by atoms with E-state index in [4.69, 9.17) is 4.74 Å². The number of benzene rings is 3. The van der Waals surface area contributed by atoms with E-state index < -0.39 is 0 Å². The molecular weight excluding hydrogens is 366 g/mol. The number of anilines is 2. The Kier molecular flexibility index (Phi) is 6.47. The first kappa shape index (κ1) is 19.9. The highest BCUT2D eigenvalue weighted by Gasteiger charge is 2.09. The topological polar surface area (TPSA) is 70.7 Å². The molecule has 0 saturated heterocycles. The van der Waals surface area contributed by atoms with Gasteiger partial charge in [0.15, 0.2) is 0 Å². The van der Waals surface area contributed by atoms with Gasteiger partial charge in [0.1, 0.15) is 11.5 Å². The Morgan fingerprint density at radius 2 is 1.52 bits per heavy atom. The van der Waals surface area contributed by atoms with Gasteiger partial charge in [0.25, 0.3) is 5.91 Å². The first-order chi connectivity index (χ1) is 14.0. The Balaban J connectivity index is 1.52. The van der Waals surface area contributed by atoms with Gasteiger partial charge in [-0.3, -0.25) is 9.59 Å². The third-order valence-electron chi connectivity index (χ3n) is 4.09. The van der Waals surface area contributed by atoms with Crippen LogP contribution in [-0.2, 0) is 4.79 Å². The molecule has 0 aliphatic rings. The molecule has 0 aliphatic carbocycles. The molecule has 0 fully saturated rings. The number of ether oxygens (including phenoxy) is 1. The summed E-state index contributed by atoms with van der Waals surface area (Å²) in [5, 5.41) is 5.86. The molecule has 0 spiro atoms. The van der Waals surface area contributed by atoms with Crippen molar-refractivity contribution in [2.45, 2.75) is 0 Å². The highest BCUT2D eigenvalue weighted by atomic mass is 16.5. The molecule has 0 saturated carbocycles. The van der Waals surface area contributed by atoms with E-state index in [2.05, 4.69) is 10.6 Å². The van der Waals surface area contributed by atoms with Crippen LogP contribution in [0, 0.1) is 0 Å². The summed E-state index contributed by atoms with van der Waals surface area (Å²) in [6.45, 7) is 0.102. The van der Waals surface area contributed by atoms with Crippen LogP contribution >= 0.6 is 0 Å². The van der Waals surface area contributed by atoms with E-state index in [1.807, 2.05) is 54.6 Å². The third kappa shape index (κ3) is 5.84. The van der Waals surface area contributed by atoms with Crippen LogP contribution in [0.5, 0.6) is 11.5 Å². The van der Waals surface area contributed by atoms with Crippen molar-refractivity contribution in [2.24, 2.45) is 0 Å². The van der Waals surface area contributed by atoms with Gasteiger partial charge in [-0.1, -0.05) is 24.3 Å². The predicted octanol–water partition coefficient (Wildman–Crippen LogP) is 4.23. The molecule has 3 aromatic carbocycles. The van der Waals surface area contributed by atoms with Gasteiger partial charge in [-0.15, -0.1) is 0 Å². The molecule has 0 heterocycles. The standard InChI is InChI=1S/C23H23N3O3/c1-26(2)23(28)17-7-6-8-19(15-17)25-22(27)16-24-18-11-13-21(14-12-18)29-20-9-4-3-5-10-20/h3-15,24H,16H2,1-2H3,(H,25,27). The fourth-order valence-corrected chi connectivity index (χ4v) is 2.64. The molecule has 148 valence electrons. The molecule has 0 aliphatic heterocycles. The summed E-state index contributed by atoms with van der Waals surface area (Å²) in [7, 11) is 3.38. The maximum atomic E-state index is 12.2. The fourth-order valence-electron chi connectivity index (χ4n) is 2.64. The molecule has 0 unspecified atom stereocenters. The molecule has 0 radical (unpaired) electrons. The highest BCUT2D eigenvalue weighted by Crippen LogP contribution is 2.22. The van der Waals surface area contributed by atoms with Crippen LogP contribution in [-0.4, -0.2) is 37.4 Å². The molecule has 2 amide bonds. The first-order valence-corrected chi connectivity index (χ1v) is 9.20. The number of nitrogens with one attached hydrogen (secondary N) is 2. The van der Waals surface area contributed by atoms with Gasteiger partial charge >= 0.3 is 0 Å². The fraction of sp³-hybridized carbons (Fsp3) is 0.130. The molecule has 6 heteroatoms. The predicted molar refractivity (Wildman–Crippen MR) is 115 cm³/mol. The number of para-hydroxylation sites is 1. The average Bonchev–Trinajstić information content (AvgIpc) is 2.73. The molecule has 3 aromatic rings. The molecule has 3 rings (SSSR count). The zero-order chi connectivity index (χ0) is 20.6. The molecule has 0 aromatic heterocycles. The van der Waals surface area contributed by atoms with Crippen molar-refractivity contribution in [3.63, 3.8) is 0 Å². The lowest BCUT2D eigenvalue weighted by molar-refractivity contribution is -0.114. The summed E-state index contributed by atoms with van der Waals surface area (Å²) in [6, 6.07) is 23.8. The summed E-state index contributed by atoms with van der Waals surface area (Å²) in [5.74, 6) is 1.16. The molecule has 29 heavy (non-hydrogen) atoms. The maximum Gasteiger partial charge on any atom is 0.253 e. The van der Waals surface area contributed by atoms with Crippen molar-refractivity contribution < 1.29 is 14.3 Å². The SMILES string of the molecule is CN(C)C(=O)c1cccc(NC(=O)CNc2ccc(Oc3ccccc3)cc2)c1. The lowest BCUT2D eigenvalue weighted by Crippen LogP contribution is -2.23. The quantitative estimate of drug-likeness (QED) is 0.634. The van der Waals surface area contributed by atoms with Crippen LogP contribution in [0.3, 0.4) is 0 Å². The minimum atomic E-state index is -0.205. The van der Waals surface area contributed by atoms with Crippen LogP contribution in [0.25, 0.3) is 0 Å². The van der Waals surface area contributed by atoms with Gasteiger partial charge in [-0.2, -0.15) is 0 Å². The summed E-state index contributed by atoms with van der Waals surface area (Å²) < 4.78 is 5.75. The van der Waals surface area contributed by atoms with Crippen LogP contribution in [0.4, 0.5) is 11.4 Å². The number of amides is 2. The smallest absolute Gasteiger partial charge is 0.253 e. The van der Waals surface area contributed by atoms with Gasteiger partial charge in [0.05, 0.1) is 6.54 Å². The summed E-state index contributed by atoms with van der Waals surface area (Å²) in [5.41, 5.74) is 1.91. The summed E-state index contributed by atoms with van der Waals surface area (Å²) in [4.78, 5) is 25.7. The van der Waals surface area contributed by atoms with Gasteiger partial charge in [-0.25, -0.2) is 0 Å². The van der Waals surface area contributed by atoms with E-state index in [9.17, 15) is 9.59 Å². The number of carbonyl (C=O) groups is 2. The normalized spacial score (nSPS) is 10.1. The molecule has 2 N–H and O–H groups in total. The van der Waals surface area contributed by atoms with Crippen LogP contribution < -0.4 is 15.4 Å². The van der Waals surface area contributed by atoms with Crippen LogP contribution in [0.2, 0.25) is 0 Å². The Hall–Kier alpha value is -3.80. The third-order valence-corrected chi connectivity index (χ3v) is 4.09. The first-order valence-electron chi connectivity index (χ1n) is 9.20. The molecular formula is C23H23N3O3. The van der Waals surface area contributed by atoms with Crippen molar-refractivity contribution >= 4 is 23.2 Å². The lowest BCUT2D eigenvalue weighted by Gasteiger charge is -2.12. The van der Waals surface area contributed by atoms with E-state index >= 15 is 0 Å². The van der Waals surface area contributed by atoms with E-state index in [0.717, 1.165) is 11.4 Å². The van der Waals surface area contributed by atoms with Crippen LogP contribution in [0.1, 0.15) is 10.4 Å². The minimum Gasteiger partial charge on any atom is -0.457 e. The minimum absolute atomic E-state index is 0.102. The number of nitrogens with zero attached hydrogens (tertiary/aromatic N) is 1. The number of hydrogen-bond acceptors (Lipinski definition) is 4. The zero-order valence-electron chi connectivity index (χ0n) is 16.4. The van der Waals surface area contributed by atoms with Crippen molar-refractivity contribution in [3.8, 4) is 11.5 Å². The summed E-state index contributed by atoms with van der Waals surface area (Å²) >= 11 is 0. The Bertz CT molecular complexity index is 970. The monoisotopic (exact) mass is 389 g/mol. The second kappa shape index (κ2) is 9.41. The van der Waals surface area contributed by atoms with Gasteiger partial charge < -0.3 is 20.3 Å². The van der Waals surface area contributed by atoms with Gasteiger partial charge in [0.2, 0.25) is 5.91 Å². The van der Waals surface area contributed by atoms with Gasteiger partial charge in [0, 0.05) is 31.0 Å². The zero-order valence-corrected chi connectivity index (χ0v) is 16.4. The second-order valence-corrected chi connectivity index (χ2v) is 6.62. The number of rotatable bonds is 7. The summed E-state index contributed by atoms with van der Waals surface area (Å²) in [6.07, 6.45) is 0. The van der Waals surface area contributed by atoms with E-state index in [0.29, 0.717) is 17.0 Å². The second-order valence-electron chi connectivity index (χ2n) is 6.62. The molecule has 0 bridgehead atoms. The Labute approximate surface area is 170 Å². The van der Waals surface area contributed by atoms with Gasteiger partial charge in [-0.05, 0) is 54.6 Å². The molecule has 6 nitrogen and oxygen atoms in total. The molecule has 0 atom stereocenters. The van der Waals surface area contributed by atoms with Crippen molar-refractivity contribution in [2.75, 3.05) is 31.3 Å². The average molecular weight is 389 g/mol. The highest BCUT2D eigenvalue weighted by molar-refractivity contribution is 5.97. The Morgan fingerprint density at radius 3 is 2.21 bits per heavy atom. The Morgan fingerprint density at radius 1 is 0.828 bits per heavy atom. The largest absolute Gasteiger partial charge is 0.457 e. The number of hydrogen-bond donors (Lipinski definition) is 2.